The molecule has 104 valence electrons. The maximum Gasteiger partial charge on any atom is 0.407 e. The lowest BCUT2D eigenvalue weighted by molar-refractivity contribution is 0.116. The van der Waals surface area contributed by atoms with Crippen LogP contribution in [0.15, 0.2) is 30.3 Å². The molecule has 1 unspecified atom stereocenters. The van der Waals surface area contributed by atoms with Gasteiger partial charge >= 0.3 is 6.09 Å². The van der Waals surface area contributed by atoms with Gasteiger partial charge in [-0.2, -0.15) is 0 Å². The highest BCUT2D eigenvalue weighted by Crippen LogP contribution is 2.13. The summed E-state index contributed by atoms with van der Waals surface area (Å²) in [5.74, 6) is 0. The predicted octanol–water partition coefficient (Wildman–Crippen LogP) is 0.979. The van der Waals surface area contributed by atoms with E-state index in [1.165, 1.54) is 5.56 Å². The van der Waals surface area contributed by atoms with E-state index >= 15 is 0 Å². The van der Waals surface area contributed by atoms with E-state index in [4.69, 9.17) is 9.84 Å². The third-order valence-corrected chi connectivity index (χ3v) is 3.17. The van der Waals surface area contributed by atoms with Gasteiger partial charge in [-0.15, -0.1) is 0 Å². The van der Waals surface area contributed by atoms with Gasteiger partial charge in [-0.1, -0.05) is 30.3 Å². The Kier molecular flexibility index (Phi) is 5.18. The first-order valence-corrected chi connectivity index (χ1v) is 6.58. The number of alkyl carbamates (subject to hydrolysis) is 1. The van der Waals surface area contributed by atoms with Gasteiger partial charge in [0, 0.05) is 25.7 Å². The van der Waals surface area contributed by atoms with E-state index < -0.39 is 6.09 Å². The Morgan fingerprint density at radius 1 is 1.42 bits per heavy atom. The third-order valence-electron chi connectivity index (χ3n) is 3.17. The number of nitrogens with zero attached hydrogens (tertiary/aromatic N) is 1. The molecule has 0 spiro atoms. The summed E-state index contributed by atoms with van der Waals surface area (Å²) in [6.45, 7) is 2.62. The van der Waals surface area contributed by atoms with Crippen LogP contribution >= 0.6 is 0 Å². The molecule has 0 bridgehead atoms. The Morgan fingerprint density at radius 3 is 2.95 bits per heavy atom. The van der Waals surface area contributed by atoms with Crippen LogP contribution in [0.4, 0.5) is 4.79 Å². The van der Waals surface area contributed by atoms with Gasteiger partial charge in [0.15, 0.2) is 0 Å². The molecule has 1 fully saturated rings. The highest BCUT2D eigenvalue weighted by atomic mass is 16.6. The molecule has 0 saturated carbocycles. The number of rotatable bonds is 5. The molecule has 19 heavy (non-hydrogen) atoms. The lowest BCUT2D eigenvalue weighted by atomic mass is 10.2. The first-order valence-electron chi connectivity index (χ1n) is 6.58. The van der Waals surface area contributed by atoms with Crippen LogP contribution in [0.2, 0.25) is 0 Å². The maximum absolute atomic E-state index is 11.4. The number of carbonyl (C=O) groups is 1. The average molecular weight is 264 g/mol. The minimum atomic E-state index is -0.444. The van der Waals surface area contributed by atoms with Crippen molar-refractivity contribution >= 4 is 6.09 Å². The predicted molar refractivity (Wildman–Crippen MR) is 71.7 cm³/mol. The fraction of sp³-hybridized carbons (Fsp3) is 0.500. The summed E-state index contributed by atoms with van der Waals surface area (Å²) in [6.07, 6.45) is 0.488. The molecule has 1 atom stereocenters. The van der Waals surface area contributed by atoms with Crippen LogP contribution < -0.4 is 5.32 Å². The monoisotopic (exact) mass is 264 g/mol. The van der Waals surface area contributed by atoms with Crippen molar-refractivity contribution in [2.75, 3.05) is 26.3 Å². The van der Waals surface area contributed by atoms with E-state index in [0.717, 1.165) is 26.1 Å². The van der Waals surface area contributed by atoms with Crippen molar-refractivity contribution in [3.8, 4) is 0 Å². The van der Waals surface area contributed by atoms with Gasteiger partial charge in [0.25, 0.3) is 0 Å². The summed E-state index contributed by atoms with van der Waals surface area (Å²) in [5, 5.41) is 11.4. The van der Waals surface area contributed by atoms with Crippen molar-refractivity contribution in [2.45, 2.75) is 19.0 Å². The number of aliphatic hydroxyl groups excluding tert-OH is 1. The Hall–Kier alpha value is -1.59. The molecular formula is C14H20N2O3. The minimum absolute atomic E-state index is 0.0479. The summed E-state index contributed by atoms with van der Waals surface area (Å²) in [6, 6.07) is 10.4. The van der Waals surface area contributed by atoms with Gasteiger partial charge in [0.2, 0.25) is 0 Å². The lowest BCUT2D eigenvalue weighted by Gasteiger charge is -2.16. The van der Waals surface area contributed by atoms with Crippen LogP contribution in [0.3, 0.4) is 0 Å². The Balaban J connectivity index is 1.72. The standard InChI is InChI=1S/C14H20N2O3/c17-8-9-19-14(18)15-13-6-7-16(11-13)10-12-4-2-1-3-5-12/h1-5,13,17H,6-11H2,(H,15,18). The Bertz CT molecular complexity index is 397. The van der Waals surface area contributed by atoms with Gasteiger partial charge in [-0.3, -0.25) is 4.90 Å². The van der Waals surface area contributed by atoms with Gasteiger partial charge in [0.1, 0.15) is 6.61 Å². The number of ether oxygens (including phenoxy) is 1. The number of amides is 1. The number of nitrogens with one attached hydrogen (secondary N) is 1. The molecular weight excluding hydrogens is 244 g/mol. The maximum atomic E-state index is 11.4. The van der Waals surface area contributed by atoms with Crippen molar-refractivity contribution in [2.24, 2.45) is 0 Å². The van der Waals surface area contributed by atoms with E-state index in [9.17, 15) is 4.79 Å². The zero-order valence-corrected chi connectivity index (χ0v) is 10.9. The summed E-state index contributed by atoms with van der Waals surface area (Å²) in [4.78, 5) is 13.7. The van der Waals surface area contributed by atoms with Gasteiger partial charge in [-0.05, 0) is 12.0 Å². The van der Waals surface area contributed by atoms with Crippen LogP contribution in [0, 0.1) is 0 Å². The first kappa shape index (κ1) is 13.8. The van der Waals surface area contributed by atoms with Gasteiger partial charge < -0.3 is 15.2 Å². The zero-order chi connectivity index (χ0) is 13.5. The quantitative estimate of drug-likeness (QED) is 0.832. The summed E-state index contributed by atoms with van der Waals surface area (Å²) < 4.78 is 4.79. The van der Waals surface area contributed by atoms with Crippen molar-refractivity contribution in [1.29, 1.82) is 0 Å². The van der Waals surface area contributed by atoms with Crippen LogP contribution in [0.1, 0.15) is 12.0 Å². The zero-order valence-electron chi connectivity index (χ0n) is 10.9. The molecule has 5 heteroatoms. The van der Waals surface area contributed by atoms with E-state index in [0.29, 0.717) is 0 Å². The number of hydrogen-bond donors (Lipinski definition) is 2. The molecule has 0 aliphatic carbocycles. The highest BCUT2D eigenvalue weighted by Gasteiger charge is 2.24. The smallest absolute Gasteiger partial charge is 0.407 e. The molecule has 5 nitrogen and oxygen atoms in total. The topological polar surface area (TPSA) is 61.8 Å². The molecule has 0 aromatic heterocycles. The SMILES string of the molecule is O=C(NC1CCN(Cc2ccccc2)C1)OCCO. The fourth-order valence-corrected chi connectivity index (χ4v) is 2.28. The van der Waals surface area contributed by atoms with Crippen molar-refractivity contribution < 1.29 is 14.6 Å². The first-order chi connectivity index (χ1) is 9.28. The van der Waals surface area contributed by atoms with E-state index in [1.807, 2.05) is 18.2 Å². The van der Waals surface area contributed by atoms with E-state index in [-0.39, 0.29) is 19.3 Å². The van der Waals surface area contributed by atoms with Gasteiger partial charge in [-0.25, -0.2) is 4.79 Å². The van der Waals surface area contributed by atoms with Crippen molar-refractivity contribution in [1.82, 2.24) is 10.2 Å². The Morgan fingerprint density at radius 2 is 2.21 bits per heavy atom. The van der Waals surface area contributed by atoms with Crippen molar-refractivity contribution in [3.63, 3.8) is 0 Å². The van der Waals surface area contributed by atoms with Gasteiger partial charge in [0.05, 0.1) is 6.61 Å². The molecule has 0 radical (unpaired) electrons. The second kappa shape index (κ2) is 7.11. The molecule has 1 aromatic carbocycles. The molecule has 1 aromatic rings. The van der Waals surface area contributed by atoms with Crippen LogP contribution in [-0.2, 0) is 11.3 Å². The van der Waals surface area contributed by atoms with Crippen molar-refractivity contribution in [3.05, 3.63) is 35.9 Å². The Labute approximate surface area is 113 Å². The minimum Gasteiger partial charge on any atom is -0.447 e. The molecule has 2 N–H and O–H groups in total. The number of carbonyl (C=O) groups excluding carboxylic acids is 1. The molecule has 1 heterocycles. The molecule has 1 aliphatic rings. The van der Waals surface area contributed by atoms with Crippen LogP contribution in [0.25, 0.3) is 0 Å². The number of aliphatic hydroxyl groups is 1. The number of likely N-dealkylation sites (tertiary alicyclic amines) is 1. The largest absolute Gasteiger partial charge is 0.447 e. The average Bonchev–Trinajstić information content (AvgIpc) is 2.85. The molecule has 1 saturated heterocycles. The third kappa shape index (κ3) is 4.54. The van der Waals surface area contributed by atoms with Crippen LogP contribution in [-0.4, -0.2) is 48.4 Å². The summed E-state index contributed by atoms with van der Waals surface area (Å²) in [7, 11) is 0. The molecule has 2 rings (SSSR count). The molecule has 1 amide bonds. The summed E-state index contributed by atoms with van der Waals surface area (Å²) >= 11 is 0. The highest BCUT2D eigenvalue weighted by molar-refractivity contribution is 5.67. The van der Waals surface area contributed by atoms with E-state index in [1.54, 1.807) is 0 Å². The fourth-order valence-electron chi connectivity index (χ4n) is 2.28. The second-order valence-corrected chi connectivity index (χ2v) is 4.71. The normalized spacial score (nSPS) is 19.3. The molecule has 1 aliphatic heterocycles. The van der Waals surface area contributed by atoms with E-state index in [2.05, 4.69) is 22.3 Å². The number of benzene rings is 1. The summed E-state index contributed by atoms with van der Waals surface area (Å²) in [5.41, 5.74) is 1.28. The lowest BCUT2D eigenvalue weighted by Crippen LogP contribution is -2.37. The number of hydrogen-bond acceptors (Lipinski definition) is 4. The second-order valence-electron chi connectivity index (χ2n) is 4.71. The van der Waals surface area contributed by atoms with Crippen LogP contribution in [0.5, 0.6) is 0 Å².